The van der Waals surface area contributed by atoms with E-state index < -0.39 is 0 Å². The quantitative estimate of drug-likeness (QED) is 0.681. The molecule has 5 nitrogen and oxygen atoms in total. The highest BCUT2D eigenvalue weighted by molar-refractivity contribution is 5.38. The zero-order valence-electron chi connectivity index (χ0n) is 12.4. The molecular formula is C17H18N2O3. The summed E-state index contributed by atoms with van der Waals surface area (Å²) in [5.74, 6) is 0.691. The molecule has 1 aromatic heterocycles. The third-order valence-electron chi connectivity index (χ3n) is 4.08. The summed E-state index contributed by atoms with van der Waals surface area (Å²) in [5, 5.41) is 11.1. The average Bonchev–Trinajstić information content (AvgIpc) is 2.95. The number of aromatic nitrogens is 1. The van der Waals surface area contributed by atoms with E-state index in [-0.39, 0.29) is 17.4 Å². The van der Waals surface area contributed by atoms with Gasteiger partial charge < -0.3 is 9.72 Å². The number of rotatable bonds is 5. The highest BCUT2D eigenvalue weighted by Crippen LogP contribution is 2.29. The molecule has 0 bridgehead atoms. The van der Waals surface area contributed by atoms with Gasteiger partial charge in [0.25, 0.3) is 0 Å². The number of nitrogens with zero attached hydrogens (tertiary/aromatic N) is 1. The smallest absolute Gasteiger partial charge is 0.216 e. The van der Waals surface area contributed by atoms with Crippen LogP contribution in [0.25, 0.3) is 0 Å². The summed E-state index contributed by atoms with van der Waals surface area (Å²) >= 11 is 0. The molecule has 114 valence electrons. The van der Waals surface area contributed by atoms with E-state index in [1.165, 1.54) is 5.56 Å². The normalized spacial score (nSPS) is 14.9. The van der Waals surface area contributed by atoms with E-state index in [9.17, 15) is 10.1 Å². The highest BCUT2D eigenvalue weighted by atomic mass is 16.6. The topological polar surface area (TPSA) is 68.2 Å². The summed E-state index contributed by atoms with van der Waals surface area (Å²) in [4.78, 5) is 14.2. The van der Waals surface area contributed by atoms with E-state index in [4.69, 9.17) is 4.74 Å². The highest BCUT2D eigenvalue weighted by Gasteiger charge is 2.24. The largest absolute Gasteiger partial charge is 0.501 e. The van der Waals surface area contributed by atoms with Crippen molar-refractivity contribution in [2.45, 2.75) is 18.8 Å². The van der Waals surface area contributed by atoms with E-state index in [0.717, 1.165) is 35.6 Å². The van der Waals surface area contributed by atoms with Crippen molar-refractivity contribution in [3.05, 3.63) is 80.9 Å². The number of aromatic amines is 1. The number of H-pyrrole nitrogens is 1. The van der Waals surface area contributed by atoms with Crippen molar-refractivity contribution in [3.8, 4) is 0 Å². The van der Waals surface area contributed by atoms with Gasteiger partial charge in [0.15, 0.2) is 0 Å². The lowest BCUT2D eigenvalue weighted by atomic mass is 9.95. The Morgan fingerprint density at radius 1 is 1.36 bits per heavy atom. The molecule has 0 fully saturated rings. The molecule has 1 unspecified atom stereocenters. The number of allylic oxidation sites excluding steroid dienone is 2. The number of ether oxygens (including phenoxy) is 1. The van der Waals surface area contributed by atoms with Crippen LogP contribution in [0.4, 0.5) is 0 Å². The molecule has 3 rings (SSSR count). The standard InChI is InChI=1S/C17H18N2O3/c1-22-14-7-8-16-13(9-14)10-17(18-16)15(11-19(20)21)12-5-3-2-4-6-12/h2-7,10,15,18H,8-9,11H2,1H3. The van der Waals surface area contributed by atoms with Gasteiger partial charge in [-0.25, -0.2) is 0 Å². The first kappa shape index (κ1) is 14.4. The van der Waals surface area contributed by atoms with Gasteiger partial charge in [-0.1, -0.05) is 30.3 Å². The Morgan fingerprint density at radius 2 is 2.14 bits per heavy atom. The van der Waals surface area contributed by atoms with Crippen LogP contribution in [-0.2, 0) is 17.6 Å². The van der Waals surface area contributed by atoms with Crippen LogP contribution in [0.15, 0.2) is 48.2 Å². The zero-order chi connectivity index (χ0) is 15.5. The second kappa shape index (κ2) is 6.05. The molecule has 1 atom stereocenters. The van der Waals surface area contributed by atoms with E-state index in [1.807, 2.05) is 42.5 Å². The minimum atomic E-state index is -0.257. The zero-order valence-corrected chi connectivity index (χ0v) is 12.4. The predicted octanol–water partition coefficient (Wildman–Crippen LogP) is 3.05. The summed E-state index contributed by atoms with van der Waals surface area (Å²) in [6.07, 6.45) is 3.56. The van der Waals surface area contributed by atoms with Crippen molar-refractivity contribution in [3.63, 3.8) is 0 Å². The molecule has 5 heteroatoms. The van der Waals surface area contributed by atoms with E-state index in [1.54, 1.807) is 7.11 Å². The second-order valence-electron chi connectivity index (χ2n) is 5.46. The van der Waals surface area contributed by atoms with Crippen LogP contribution in [0, 0.1) is 10.1 Å². The minimum absolute atomic E-state index is 0.117. The molecule has 1 heterocycles. The van der Waals surface area contributed by atoms with Crippen LogP contribution in [-0.4, -0.2) is 23.6 Å². The van der Waals surface area contributed by atoms with Gasteiger partial charge in [-0.2, -0.15) is 0 Å². The van der Waals surface area contributed by atoms with Gasteiger partial charge in [-0.15, -0.1) is 0 Å². The Bertz CT molecular complexity index is 704. The molecule has 1 N–H and O–H groups in total. The number of nitrogens with one attached hydrogen (secondary N) is 1. The molecule has 0 saturated carbocycles. The summed E-state index contributed by atoms with van der Waals surface area (Å²) in [5.41, 5.74) is 4.15. The number of benzene rings is 1. The SMILES string of the molecule is COC1=CCc2[nH]c(C(C[N+](=O)[O-])c3ccccc3)cc2C1. The van der Waals surface area contributed by atoms with Crippen molar-refractivity contribution in [2.75, 3.05) is 13.7 Å². The Hall–Kier alpha value is -2.56. The van der Waals surface area contributed by atoms with Crippen LogP contribution < -0.4 is 0 Å². The number of methoxy groups -OCH3 is 1. The van der Waals surface area contributed by atoms with Crippen molar-refractivity contribution >= 4 is 0 Å². The third kappa shape index (κ3) is 2.88. The fraction of sp³-hybridized carbons (Fsp3) is 0.294. The summed E-state index contributed by atoms with van der Waals surface area (Å²) < 4.78 is 5.31. The summed E-state index contributed by atoms with van der Waals surface area (Å²) in [7, 11) is 1.67. The van der Waals surface area contributed by atoms with Gasteiger partial charge in [-0.05, 0) is 23.3 Å². The van der Waals surface area contributed by atoms with Crippen molar-refractivity contribution in [2.24, 2.45) is 0 Å². The molecule has 22 heavy (non-hydrogen) atoms. The molecular weight excluding hydrogens is 280 g/mol. The van der Waals surface area contributed by atoms with E-state index >= 15 is 0 Å². The van der Waals surface area contributed by atoms with Gasteiger partial charge in [0.1, 0.15) is 0 Å². The molecule has 0 saturated heterocycles. The van der Waals surface area contributed by atoms with Gasteiger partial charge in [0.2, 0.25) is 6.54 Å². The number of fused-ring (bicyclic) bond motifs is 1. The molecule has 0 radical (unpaired) electrons. The molecule has 1 aliphatic rings. The lowest BCUT2D eigenvalue weighted by Crippen LogP contribution is -2.14. The van der Waals surface area contributed by atoms with Crippen LogP contribution in [0.3, 0.4) is 0 Å². The molecule has 1 aliphatic carbocycles. The third-order valence-corrected chi connectivity index (χ3v) is 4.08. The molecule has 1 aromatic carbocycles. The Morgan fingerprint density at radius 3 is 2.82 bits per heavy atom. The first-order valence-electron chi connectivity index (χ1n) is 7.27. The van der Waals surface area contributed by atoms with Crippen LogP contribution in [0.2, 0.25) is 0 Å². The number of hydrogen-bond donors (Lipinski definition) is 1. The molecule has 0 amide bonds. The first-order valence-corrected chi connectivity index (χ1v) is 7.27. The second-order valence-corrected chi connectivity index (χ2v) is 5.46. The van der Waals surface area contributed by atoms with Gasteiger partial charge >= 0.3 is 0 Å². The monoisotopic (exact) mass is 298 g/mol. The van der Waals surface area contributed by atoms with E-state index in [0.29, 0.717) is 0 Å². The molecule has 2 aromatic rings. The fourth-order valence-electron chi connectivity index (χ4n) is 2.94. The fourth-order valence-corrected chi connectivity index (χ4v) is 2.94. The van der Waals surface area contributed by atoms with Crippen LogP contribution in [0.1, 0.15) is 28.4 Å². The van der Waals surface area contributed by atoms with Gasteiger partial charge in [0.05, 0.1) is 18.8 Å². The lowest BCUT2D eigenvalue weighted by Gasteiger charge is -2.12. The Balaban J connectivity index is 1.93. The first-order chi connectivity index (χ1) is 10.7. The summed E-state index contributed by atoms with van der Waals surface area (Å²) in [6, 6.07) is 11.7. The predicted molar refractivity (Wildman–Crippen MR) is 83.4 cm³/mol. The number of hydrogen-bond acceptors (Lipinski definition) is 3. The van der Waals surface area contributed by atoms with Crippen LogP contribution >= 0.6 is 0 Å². The van der Waals surface area contributed by atoms with Crippen LogP contribution in [0.5, 0.6) is 0 Å². The maximum absolute atomic E-state index is 11.1. The minimum Gasteiger partial charge on any atom is -0.501 e. The average molecular weight is 298 g/mol. The Kier molecular flexibility index (Phi) is 3.96. The Labute approximate surface area is 128 Å². The lowest BCUT2D eigenvalue weighted by molar-refractivity contribution is -0.481. The molecule has 0 aliphatic heterocycles. The maximum Gasteiger partial charge on any atom is 0.216 e. The molecule has 0 spiro atoms. The maximum atomic E-state index is 11.1. The van der Waals surface area contributed by atoms with Gasteiger partial charge in [-0.3, -0.25) is 10.1 Å². The van der Waals surface area contributed by atoms with Crippen molar-refractivity contribution in [1.82, 2.24) is 4.98 Å². The number of nitro groups is 1. The van der Waals surface area contributed by atoms with Crippen molar-refractivity contribution in [1.29, 1.82) is 0 Å². The summed E-state index contributed by atoms with van der Waals surface area (Å²) in [6.45, 7) is -0.117. The van der Waals surface area contributed by atoms with E-state index in [2.05, 4.69) is 4.98 Å². The van der Waals surface area contributed by atoms with Crippen molar-refractivity contribution < 1.29 is 9.66 Å². The van der Waals surface area contributed by atoms with Gasteiger partial charge in [0, 0.05) is 29.2 Å².